The van der Waals surface area contributed by atoms with Gasteiger partial charge in [-0.1, -0.05) is 17.7 Å². The molecule has 2 atom stereocenters. The van der Waals surface area contributed by atoms with Crippen LogP contribution in [0.2, 0.25) is 5.02 Å². The van der Waals surface area contributed by atoms with E-state index in [0.717, 1.165) is 5.69 Å². The van der Waals surface area contributed by atoms with E-state index in [-0.39, 0.29) is 36.8 Å². The van der Waals surface area contributed by atoms with Gasteiger partial charge in [0.1, 0.15) is 29.2 Å². The van der Waals surface area contributed by atoms with Crippen molar-refractivity contribution in [3.63, 3.8) is 0 Å². The third kappa shape index (κ3) is 4.01. The maximum absolute atomic E-state index is 13.8. The Kier molecular flexibility index (Phi) is 5.13. The van der Waals surface area contributed by atoms with E-state index in [4.69, 9.17) is 21.1 Å². The standard InChI is InChI=1S/C21H26ClFN4O4/c1-21(23)11-27(12-21)15-3-2-4-17(19(15)22)31-13-7-26(8-13)20(29)25-6-5-16-14(9-25)24-18(28)10-30-16/h2-4,13-14,16H,5-12H2,1H3,(H,24,28)/t14-,16+/m1/s1. The fraction of sp³-hybridized carbons (Fsp3) is 0.619. The van der Waals surface area contributed by atoms with Gasteiger partial charge < -0.3 is 29.5 Å². The normalized spacial score (nSPS) is 27.7. The highest BCUT2D eigenvalue weighted by Crippen LogP contribution is 2.40. The Balaban J connectivity index is 1.14. The van der Waals surface area contributed by atoms with Crippen molar-refractivity contribution >= 4 is 29.2 Å². The Morgan fingerprint density at radius 3 is 2.81 bits per heavy atom. The van der Waals surface area contributed by atoms with E-state index in [9.17, 15) is 14.0 Å². The number of morpholine rings is 1. The minimum Gasteiger partial charge on any atom is -0.485 e. The summed E-state index contributed by atoms with van der Waals surface area (Å²) in [6.07, 6.45) is 0.543. The van der Waals surface area contributed by atoms with Gasteiger partial charge in [-0.3, -0.25) is 4.79 Å². The zero-order valence-corrected chi connectivity index (χ0v) is 18.1. The van der Waals surface area contributed by atoms with Crippen LogP contribution >= 0.6 is 11.6 Å². The molecule has 31 heavy (non-hydrogen) atoms. The maximum atomic E-state index is 13.8. The number of hydrogen-bond donors (Lipinski definition) is 1. The molecule has 4 fully saturated rings. The second kappa shape index (κ2) is 7.70. The van der Waals surface area contributed by atoms with Crippen molar-refractivity contribution in [2.75, 3.05) is 50.8 Å². The molecule has 0 spiro atoms. The molecule has 1 N–H and O–H groups in total. The van der Waals surface area contributed by atoms with Gasteiger partial charge in [0.05, 0.1) is 44.0 Å². The van der Waals surface area contributed by atoms with E-state index < -0.39 is 5.67 Å². The van der Waals surface area contributed by atoms with Crippen molar-refractivity contribution < 1.29 is 23.5 Å². The molecule has 3 amide bonds. The van der Waals surface area contributed by atoms with Crippen LogP contribution in [0.25, 0.3) is 0 Å². The van der Waals surface area contributed by atoms with E-state index in [1.807, 2.05) is 17.0 Å². The number of urea groups is 1. The van der Waals surface area contributed by atoms with Gasteiger partial charge in [-0.05, 0) is 25.5 Å². The van der Waals surface area contributed by atoms with Crippen LogP contribution in [0.4, 0.5) is 14.9 Å². The maximum Gasteiger partial charge on any atom is 0.320 e. The largest absolute Gasteiger partial charge is 0.485 e. The summed E-state index contributed by atoms with van der Waals surface area (Å²) in [5.74, 6) is 0.410. The quantitative estimate of drug-likeness (QED) is 0.755. The van der Waals surface area contributed by atoms with Crippen molar-refractivity contribution in [1.82, 2.24) is 15.1 Å². The molecule has 5 rings (SSSR count). The number of rotatable bonds is 3. The van der Waals surface area contributed by atoms with Gasteiger partial charge >= 0.3 is 6.03 Å². The molecule has 10 heteroatoms. The molecule has 0 saturated carbocycles. The number of nitrogens with zero attached hydrogens (tertiary/aromatic N) is 3. The summed E-state index contributed by atoms with van der Waals surface area (Å²) in [6.45, 7) is 4.29. The number of halogens is 2. The molecule has 1 aromatic carbocycles. The lowest BCUT2D eigenvalue weighted by molar-refractivity contribution is -0.139. The SMILES string of the molecule is CC1(F)CN(c2cccc(OC3CN(C(=O)N4CC[C@@H]5OCC(=O)N[C@@H]5C4)C3)c2Cl)C1. The fourth-order valence-corrected chi connectivity index (χ4v) is 4.97. The summed E-state index contributed by atoms with van der Waals surface area (Å²) >= 11 is 6.51. The van der Waals surface area contributed by atoms with Crippen LogP contribution in [-0.2, 0) is 9.53 Å². The van der Waals surface area contributed by atoms with E-state index in [2.05, 4.69) is 5.32 Å². The van der Waals surface area contributed by atoms with Gasteiger partial charge in [-0.25, -0.2) is 9.18 Å². The number of hydrogen-bond acceptors (Lipinski definition) is 5. The Morgan fingerprint density at radius 1 is 1.29 bits per heavy atom. The first-order valence-electron chi connectivity index (χ1n) is 10.6. The molecule has 0 aliphatic carbocycles. The number of nitrogens with one attached hydrogen (secondary N) is 1. The minimum atomic E-state index is -1.18. The Bertz CT molecular complexity index is 886. The average Bonchev–Trinajstić information content (AvgIpc) is 2.68. The summed E-state index contributed by atoms with van der Waals surface area (Å²) in [6, 6.07) is 5.29. The predicted molar refractivity (Wildman–Crippen MR) is 112 cm³/mol. The first-order valence-corrected chi connectivity index (χ1v) is 11.0. The van der Waals surface area contributed by atoms with Gasteiger partial charge in [-0.2, -0.15) is 0 Å². The number of piperidine rings is 1. The van der Waals surface area contributed by atoms with Gasteiger partial charge in [0, 0.05) is 13.1 Å². The summed E-state index contributed by atoms with van der Waals surface area (Å²) < 4.78 is 25.4. The monoisotopic (exact) mass is 452 g/mol. The minimum absolute atomic E-state index is 0.0229. The number of carbonyl (C=O) groups excluding carboxylic acids is 2. The molecule has 8 nitrogen and oxygen atoms in total. The van der Waals surface area contributed by atoms with Crippen molar-refractivity contribution in [3.05, 3.63) is 23.2 Å². The number of alkyl halides is 1. The molecule has 0 bridgehead atoms. The highest BCUT2D eigenvalue weighted by atomic mass is 35.5. The Labute approximate surface area is 185 Å². The molecule has 0 aromatic heterocycles. The first-order chi connectivity index (χ1) is 14.8. The Morgan fingerprint density at radius 2 is 2.06 bits per heavy atom. The molecule has 0 unspecified atom stereocenters. The number of fused-ring (bicyclic) bond motifs is 1. The number of amides is 3. The molecule has 1 aromatic rings. The zero-order valence-electron chi connectivity index (χ0n) is 17.4. The molecule has 4 aliphatic heterocycles. The van der Waals surface area contributed by atoms with E-state index in [0.29, 0.717) is 56.5 Å². The number of ether oxygens (including phenoxy) is 2. The summed E-state index contributed by atoms with van der Waals surface area (Å²) in [5, 5.41) is 3.38. The van der Waals surface area contributed by atoms with Gasteiger partial charge in [0.2, 0.25) is 5.91 Å². The molecule has 0 radical (unpaired) electrons. The van der Waals surface area contributed by atoms with Gasteiger partial charge in [-0.15, -0.1) is 0 Å². The molecule has 4 heterocycles. The van der Waals surface area contributed by atoms with Crippen LogP contribution in [0.15, 0.2) is 18.2 Å². The summed E-state index contributed by atoms with van der Waals surface area (Å²) in [4.78, 5) is 29.8. The van der Waals surface area contributed by atoms with Crippen LogP contribution in [0.5, 0.6) is 5.75 Å². The van der Waals surface area contributed by atoms with Crippen molar-refractivity contribution in [3.8, 4) is 5.75 Å². The van der Waals surface area contributed by atoms with Crippen molar-refractivity contribution in [2.45, 2.75) is 37.3 Å². The smallest absolute Gasteiger partial charge is 0.320 e. The van der Waals surface area contributed by atoms with Crippen molar-refractivity contribution in [2.24, 2.45) is 0 Å². The zero-order chi connectivity index (χ0) is 21.8. The first kappa shape index (κ1) is 20.6. The summed E-state index contributed by atoms with van der Waals surface area (Å²) in [7, 11) is 0. The van der Waals surface area contributed by atoms with Crippen LogP contribution in [-0.4, -0.2) is 91.5 Å². The van der Waals surface area contributed by atoms with Crippen LogP contribution in [0.1, 0.15) is 13.3 Å². The molecular weight excluding hydrogens is 427 g/mol. The lowest BCUT2D eigenvalue weighted by Crippen LogP contribution is -2.65. The lowest BCUT2D eigenvalue weighted by Gasteiger charge is -2.46. The third-order valence-corrected chi connectivity index (χ3v) is 6.71. The van der Waals surface area contributed by atoms with Crippen LogP contribution < -0.4 is 15.0 Å². The van der Waals surface area contributed by atoms with E-state index >= 15 is 0 Å². The highest BCUT2D eigenvalue weighted by Gasteiger charge is 2.42. The molecule has 4 saturated heterocycles. The van der Waals surface area contributed by atoms with E-state index in [1.54, 1.807) is 22.8 Å². The number of anilines is 1. The number of carbonyl (C=O) groups is 2. The molecule has 168 valence electrons. The average molecular weight is 453 g/mol. The van der Waals surface area contributed by atoms with Crippen LogP contribution in [0.3, 0.4) is 0 Å². The van der Waals surface area contributed by atoms with Gasteiger partial charge in [0.15, 0.2) is 0 Å². The fourth-order valence-electron chi connectivity index (χ4n) is 4.68. The second-order valence-electron chi connectivity index (χ2n) is 9.04. The summed E-state index contributed by atoms with van der Waals surface area (Å²) in [5.41, 5.74) is -0.420. The topological polar surface area (TPSA) is 74.3 Å². The van der Waals surface area contributed by atoms with Gasteiger partial charge in [0.25, 0.3) is 0 Å². The number of likely N-dealkylation sites (tertiary alicyclic amines) is 2. The van der Waals surface area contributed by atoms with Crippen molar-refractivity contribution in [1.29, 1.82) is 0 Å². The second-order valence-corrected chi connectivity index (χ2v) is 9.42. The van der Waals surface area contributed by atoms with Crippen LogP contribution in [0, 0.1) is 0 Å². The lowest BCUT2D eigenvalue weighted by atomic mass is 9.98. The van der Waals surface area contributed by atoms with E-state index in [1.165, 1.54) is 0 Å². The highest BCUT2D eigenvalue weighted by molar-refractivity contribution is 6.34. The number of benzene rings is 1. The predicted octanol–water partition coefficient (Wildman–Crippen LogP) is 1.66. The third-order valence-electron chi connectivity index (χ3n) is 6.33. The molecular formula is C21H26ClFN4O4. The Hall–Kier alpha value is -2.26. The molecule has 4 aliphatic rings.